The maximum absolute atomic E-state index is 14.3. The van der Waals surface area contributed by atoms with E-state index in [0.29, 0.717) is 44.3 Å². The molecule has 1 N–H and O–H groups in total. The Hall–Kier alpha value is -2.41. The van der Waals surface area contributed by atoms with Crippen LogP contribution in [0.15, 0.2) is 23.1 Å². The molecule has 1 aromatic carbocycles. The first-order valence-electron chi connectivity index (χ1n) is 9.53. The molecular formula is C20H24FN3O3. The monoisotopic (exact) mass is 373 g/mol. The van der Waals surface area contributed by atoms with Crippen molar-refractivity contribution >= 4 is 5.95 Å². The van der Waals surface area contributed by atoms with Gasteiger partial charge in [0, 0.05) is 55.6 Å². The number of fused-ring (bicyclic) bond motifs is 1. The van der Waals surface area contributed by atoms with Gasteiger partial charge in [-0.05, 0) is 37.8 Å². The zero-order valence-electron chi connectivity index (χ0n) is 15.5. The topological polar surface area (TPSA) is 65.4 Å². The Morgan fingerprint density at radius 2 is 2.11 bits per heavy atom. The summed E-state index contributed by atoms with van der Waals surface area (Å²) in [6, 6.07) is 3.10. The minimum Gasteiger partial charge on any atom is -0.493 e. The van der Waals surface area contributed by atoms with Crippen LogP contribution in [-0.4, -0.2) is 29.4 Å². The molecule has 1 aromatic heterocycles. The van der Waals surface area contributed by atoms with Gasteiger partial charge < -0.3 is 14.8 Å². The van der Waals surface area contributed by atoms with Crippen molar-refractivity contribution in [2.75, 3.05) is 25.1 Å². The third kappa shape index (κ3) is 3.43. The molecule has 4 rings (SSSR count). The Morgan fingerprint density at radius 3 is 2.89 bits per heavy atom. The van der Waals surface area contributed by atoms with Crippen molar-refractivity contribution < 1.29 is 13.9 Å². The Labute approximate surface area is 157 Å². The van der Waals surface area contributed by atoms with E-state index in [1.165, 1.54) is 6.07 Å². The molecule has 0 spiro atoms. The second kappa shape index (κ2) is 7.68. The van der Waals surface area contributed by atoms with Crippen molar-refractivity contribution in [1.29, 1.82) is 0 Å². The molecule has 0 atom stereocenters. The maximum atomic E-state index is 14.3. The van der Waals surface area contributed by atoms with Crippen molar-refractivity contribution in [1.82, 2.24) is 9.55 Å². The number of benzene rings is 1. The first-order chi connectivity index (χ1) is 13.2. The number of aromatic nitrogens is 2. The van der Waals surface area contributed by atoms with E-state index in [9.17, 15) is 9.18 Å². The second-order valence-corrected chi connectivity index (χ2v) is 6.93. The average Bonchev–Trinajstić information content (AvgIpc) is 3.17. The molecule has 2 aliphatic heterocycles. The van der Waals surface area contributed by atoms with E-state index in [0.717, 1.165) is 29.7 Å². The second-order valence-electron chi connectivity index (χ2n) is 6.93. The van der Waals surface area contributed by atoms with Crippen molar-refractivity contribution in [3.63, 3.8) is 0 Å². The fourth-order valence-corrected chi connectivity index (χ4v) is 3.90. The number of hydrogen-bond donors (Lipinski definition) is 1. The van der Waals surface area contributed by atoms with Crippen LogP contribution in [0.1, 0.15) is 42.4 Å². The third-order valence-electron chi connectivity index (χ3n) is 5.41. The molecule has 0 bridgehead atoms. The summed E-state index contributed by atoms with van der Waals surface area (Å²) in [7, 11) is 0. The fraction of sp³-hybridized carbons (Fsp3) is 0.500. The Balaban J connectivity index is 1.59. The third-order valence-corrected chi connectivity index (χ3v) is 5.41. The molecule has 3 heterocycles. The van der Waals surface area contributed by atoms with Gasteiger partial charge >= 0.3 is 0 Å². The van der Waals surface area contributed by atoms with Crippen LogP contribution >= 0.6 is 0 Å². The first-order valence-corrected chi connectivity index (χ1v) is 9.53. The Kier molecular flexibility index (Phi) is 5.11. The summed E-state index contributed by atoms with van der Waals surface area (Å²) in [4.78, 5) is 17.4. The van der Waals surface area contributed by atoms with Crippen LogP contribution in [0.25, 0.3) is 0 Å². The Morgan fingerprint density at radius 1 is 1.30 bits per heavy atom. The van der Waals surface area contributed by atoms with Crippen molar-refractivity contribution in [2.45, 2.75) is 45.2 Å². The predicted octanol–water partition coefficient (Wildman–Crippen LogP) is 2.84. The van der Waals surface area contributed by atoms with Crippen LogP contribution in [0.4, 0.5) is 10.3 Å². The summed E-state index contributed by atoms with van der Waals surface area (Å²) >= 11 is 0. The SMILES string of the molecule is CCn1c(NCc2c(F)ccc3c2CCO3)ncc(C2CCOCC2)c1=O. The highest BCUT2D eigenvalue weighted by Gasteiger charge is 2.22. The largest absolute Gasteiger partial charge is 0.493 e. The smallest absolute Gasteiger partial charge is 0.258 e. The molecular weight excluding hydrogens is 349 g/mol. The van der Waals surface area contributed by atoms with Gasteiger partial charge in [-0.1, -0.05) is 0 Å². The molecule has 1 saturated heterocycles. The quantitative estimate of drug-likeness (QED) is 0.873. The highest BCUT2D eigenvalue weighted by molar-refractivity contribution is 5.45. The van der Waals surface area contributed by atoms with E-state index in [4.69, 9.17) is 9.47 Å². The van der Waals surface area contributed by atoms with E-state index in [1.54, 1.807) is 16.8 Å². The van der Waals surface area contributed by atoms with Crippen molar-refractivity contribution in [3.05, 3.63) is 51.2 Å². The molecule has 0 aliphatic carbocycles. The Bertz CT molecular complexity index is 891. The first kappa shape index (κ1) is 18.0. The molecule has 2 aliphatic rings. The zero-order chi connectivity index (χ0) is 18.8. The number of ether oxygens (including phenoxy) is 2. The van der Waals surface area contributed by atoms with Gasteiger partial charge in [-0.15, -0.1) is 0 Å². The number of anilines is 1. The lowest BCUT2D eigenvalue weighted by molar-refractivity contribution is 0.0849. The van der Waals surface area contributed by atoms with Gasteiger partial charge in [-0.25, -0.2) is 9.37 Å². The molecule has 7 heteroatoms. The van der Waals surface area contributed by atoms with Gasteiger partial charge in [0.1, 0.15) is 11.6 Å². The number of rotatable bonds is 5. The van der Waals surface area contributed by atoms with E-state index in [-0.39, 0.29) is 23.8 Å². The highest BCUT2D eigenvalue weighted by atomic mass is 19.1. The summed E-state index contributed by atoms with van der Waals surface area (Å²) in [6.07, 6.45) is 4.05. The molecule has 144 valence electrons. The lowest BCUT2D eigenvalue weighted by Crippen LogP contribution is -2.30. The highest BCUT2D eigenvalue weighted by Crippen LogP contribution is 2.30. The molecule has 6 nitrogen and oxygen atoms in total. The van der Waals surface area contributed by atoms with Crippen LogP contribution in [0.2, 0.25) is 0 Å². The van der Waals surface area contributed by atoms with Gasteiger partial charge in [-0.3, -0.25) is 9.36 Å². The van der Waals surface area contributed by atoms with Crippen LogP contribution in [0.3, 0.4) is 0 Å². The lowest BCUT2D eigenvalue weighted by atomic mass is 9.94. The summed E-state index contributed by atoms with van der Waals surface area (Å²) < 4.78 is 26.9. The van der Waals surface area contributed by atoms with Crippen molar-refractivity contribution in [2.24, 2.45) is 0 Å². The van der Waals surface area contributed by atoms with Crippen LogP contribution in [0, 0.1) is 5.82 Å². The van der Waals surface area contributed by atoms with E-state index in [1.807, 2.05) is 6.92 Å². The summed E-state index contributed by atoms with van der Waals surface area (Å²) in [5.74, 6) is 1.13. The van der Waals surface area contributed by atoms with Gasteiger partial charge in [0.25, 0.3) is 5.56 Å². The number of nitrogens with one attached hydrogen (secondary N) is 1. The molecule has 0 unspecified atom stereocenters. The van der Waals surface area contributed by atoms with Gasteiger partial charge in [0.05, 0.1) is 6.61 Å². The summed E-state index contributed by atoms with van der Waals surface area (Å²) in [5, 5.41) is 3.15. The van der Waals surface area contributed by atoms with Gasteiger partial charge in [-0.2, -0.15) is 0 Å². The number of hydrogen-bond acceptors (Lipinski definition) is 5. The maximum Gasteiger partial charge on any atom is 0.258 e. The molecule has 27 heavy (non-hydrogen) atoms. The fourth-order valence-electron chi connectivity index (χ4n) is 3.90. The molecule has 0 radical (unpaired) electrons. The van der Waals surface area contributed by atoms with Crippen LogP contribution < -0.4 is 15.6 Å². The summed E-state index contributed by atoms with van der Waals surface area (Å²) in [6.45, 7) is 4.61. The standard InChI is InChI=1S/C20H24FN3O3/c1-2-24-19(25)15(13-5-8-26-9-6-13)11-22-20(24)23-12-16-14-7-10-27-18(14)4-3-17(16)21/h3-4,11,13H,2,5-10,12H2,1H3,(H,22,23). The number of halogens is 1. The lowest BCUT2D eigenvalue weighted by Gasteiger charge is -2.23. The normalized spacial score (nSPS) is 16.8. The average molecular weight is 373 g/mol. The minimum atomic E-state index is -0.268. The van der Waals surface area contributed by atoms with E-state index in [2.05, 4.69) is 10.3 Å². The van der Waals surface area contributed by atoms with E-state index >= 15 is 0 Å². The van der Waals surface area contributed by atoms with Crippen molar-refractivity contribution in [3.8, 4) is 5.75 Å². The number of nitrogens with zero attached hydrogens (tertiary/aromatic N) is 2. The van der Waals surface area contributed by atoms with Crippen LogP contribution in [0.5, 0.6) is 5.75 Å². The molecule has 0 saturated carbocycles. The van der Waals surface area contributed by atoms with Gasteiger partial charge in [0.2, 0.25) is 5.95 Å². The molecule has 0 amide bonds. The van der Waals surface area contributed by atoms with Gasteiger partial charge in [0.15, 0.2) is 0 Å². The minimum absolute atomic E-state index is 0.0241. The predicted molar refractivity (Wildman–Crippen MR) is 99.9 cm³/mol. The van der Waals surface area contributed by atoms with Crippen LogP contribution in [-0.2, 0) is 24.2 Å². The molecule has 1 fully saturated rings. The summed E-state index contributed by atoms with van der Waals surface area (Å²) in [5.41, 5.74) is 2.19. The zero-order valence-corrected chi connectivity index (χ0v) is 15.5. The molecule has 2 aromatic rings. The van der Waals surface area contributed by atoms with E-state index < -0.39 is 0 Å².